The van der Waals surface area contributed by atoms with Crippen molar-refractivity contribution in [3.8, 4) is 0 Å². The Morgan fingerprint density at radius 3 is 2.70 bits per heavy atom. The number of hydrogen-bond donors (Lipinski definition) is 2. The molecule has 0 radical (unpaired) electrons. The highest BCUT2D eigenvalue weighted by atomic mass is 16.1. The summed E-state index contributed by atoms with van der Waals surface area (Å²) >= 11 is 0. The molecule has 1 amide bonds. The van der Waals surface area contributed by atoms with E-state index in [0.717, 1.165) is 36.4 Å². The summed E-state index contributed by atoms with van der Waals surface area (Å²) in [6.07, 6.45) is 2.34. The van der Waals surface area contributed by atoms with Gasteiger partial charge in [0, 0.05) is 19.3 Å². The molecule has 0 atom stereocenters. The van der Waals surface area contributed by atoms with Gasteiger partial charge in [-0.15, -0.1) is 0 Å². The van der Waals surface area contributed by atoms with E-state index >= 15 is 0 Å². The molecule has 1 heterocycles. The van der Waals surface area contributed by atoms with Gasteiger partial charge < -0.3 is 15.5 Å². The summed E-state index contributed by atoms with van der Waals surface area (Å²) in [5.74, 6) is 0.631. The standard InChI is InChI=1S/C16H25N3O/c1-12-4-5-14(15(10-12)17-2)16(20)18-11-13-6-8-19(3)9-7-13/h4-5,10,13,17H,6-9,11H2,1-3H3,(H,18,20). The maximum absolute atomic E-state index is 12.3. The lowest BCUT2D eigenvalue weighted by molar-refractivity contribution is 0.0940. The molecule has 1 saturated heterocycles. The monoisotopic (exact) mass is 275 g/mol. The Hall–Kier alpha value is -1.55. The predicted molar refractivity (Wildman–Crippen MR) is 83.3 cm³/mol. The van der Waals surface area contributed by atoms with Crippen LogP contribution in [0.3, 0.4) is 0 Å². The zero-order chi connectivity index (χ0) is 14.5. The second-order valence-electron chi connectivity index (χ2n) is 5.76. The average Bonchev–Trinajstić information content (AvgIpc) is 2.46. The summed E-state index contributed by atoms with van der Waals surface area (Å²) < 4.78 is 0. The Bertz CT molecular complexity index is 465. The molecule has 2 rings (SSSR count). The summed E-state index contributed by atoms with van der Waals surface area (Å²) in [5.41, 5.74) is 2.78. The third-order valence-corrected chi connectivity index (χ3v) is 4.08. The zero-order valence-electron chi connectivity index (χ0n) is 12.7. The van der Waals surface area contributed by atoms with E-state index in [1.807, 2.05) is 32.2 Å². The van der Waals surface area contributed by atoms with Crippen LogP contribution in [-0.2, 0) is 0 Å². The van der Waals surface area contributed by atoms with Crippen molar-refractivity contribution in [2.24, 2.45) is 5.92 Å². The van der Waals surface area contributed by atoms with Gasteiger partial charge in [0.05, 0.1) is 5.56 Å². The second kappa shape index (κ2) is 6.75. The van der Waals surface area contributed by atoms with Crippen molar-refractivity contribution in [3.05, 3.63) is 29.3 Å². The Morgan fingerprint density at radius 2 is 2.05 bits per heavy atom. The van der Waals surface area contributed by atoms with Gasteiger partial charge in [0.15, 0.2) is 0 Å². The summed E-state index contributed by atoms with van der Waals surface area (Å²) in [5, 5.41) is 6.17. The molecule has 1 aliphatic heterocycles. The molecular formula is C16H25N3O. The van der Waals surface area contributed by atoms with Gasteiger partial charge in [-0.25, -0.2) is 0 Å². The molecule has 4 heteroatoms. The fourth-order valence-corrected chi connectivity index (χ4v) is 2.66. The largest absolute Gasteiger partial charge is 0.387 e. The third-order valence-electron chi connectivity index (χ3n) is 4.08. The van der Waals surface area contributed by atoms with Crippen LogP contribution in [0, 0.1) is 12.8 Å². The minimum absolute atomic E-state index is 0.0216. The van der Waals surface area contributed by atoms with Crippen LogP contribution in [0.25, 0.3) is 0 Å². The van der Waals surface area contributed by atoms with Crippen LogP contribution < -0.4 is 10.6 Å². The maximum Gasteiger partial charge on any atom is 0.253 e. The van der Waals surface area contributed by atoms with Crippen LogP contribution in [0.2, 0.25) is 0 Å². The molecule has 1 aromatic rings. The van der Waals surface area contributed by atoms with E-state index in [0.29, 0.717) is 5.92 Å². The van der Waals surface area contributed by atoms with E-state index in [2.05, 4.69) is 22.6 Å². The van der Waals surface area contributed by atoms with Crippen LogP contribution in [0.5, 0.6) is 0 Å². The first-order chi connectivity index (χ1) is 9.60. The third kappa shape index (κ3) is 3.73. The number of benzene rings is 1. The maximum atomic E-state index is 12.3. The van der Waals surface area contributed by atoms with E-state index in [1.54, 1.807) is 0 Å². The van der Waals surface area contributed by atoms with Crippen molar-refractivity contribution in [2.45, 2.75) is 19.8 Å². The number of nitrogens with one attached hydrogen (secondary N) is 2. The number of piperidine rings is 1. The molecule has 4 nitrogen and oxygen atoms in total. The van der Waals surface area contributed by atoms with Crippen molar-refractivity contribution in [1.82, 2.24) is 10.2 Å². The second-order valence-corrected chi connectivity index (χ2v) is 5.76. The Kier molecular flexibility index (Phi) is 5.01. The van der Waals surface area contributed by atoms with Gasteiger partial charge in [-0.2, -0.15) is 0 Å². The highest BCUT2D eigenvalue weighted by Gasteiger charge is 2.18. The number of amides is 1. The molecule has 0 bridgehead atoms. The molecule has 0 aliphatic carbocycles. The van der Waals surface area contributed by atoms with Gasteiger partial charge >= 0.3 is 0 Å². The average molecular weight is 275 g/mol. The lowest BCUT2D eigenvalue weighted by Crippen LogP contribution is -2.37. The van der Waals surface area contributed by atoms with Gasteiger partial charge in [-0.3, -0.25) is 4.79 Å². The van der Waals surface area contributed by atoms with E-state index in [1.165, 1.54) is 12.8 Å². The molecule has 0 saturated carbocycles. The molecule has 0 spiro atoms. The molecule has 0 aromatic heterocycles. The van der Waals surface area contributed by atoms with Gasteiger partial charge in [0.2, 0.25) is 0 Å². The van der Waals surface area contributed by atoms with Gasteiger partial charge in [-0.05, 0) is 63.5 Å². The van der Waals surface area contributed by atoms with Crippen LogP contribution in [0.4, 0.5) is 5.69 Å². The molecule has 1 aromatic carbocycles. The Balaban J connectivity index is 1.92. The van der Waals surface area contributed by atoms with Crippen LogP contribution in [-0.4, -0.2) is 44.5 Å². The molecule has 1 aliphatic rings. The molecule has 2 N–H and O–H groups in total. The quantitative estimate of drug-likeness (QED) is 0.884. The van der Waals surface area contributed by atoms with Crippen molar-refractivity contribution in [3.63, 3.8) is 0 Å². The summed E-state index contributed by atoms with van der Waals surface area (Å²) in [6, 6.07) is 5.88. The summed E-state index contributed by atoms with van der Waals surface area (Å²) in [6.45, 7) is 5.07. The van der Waals surface area contributed by atoms with Gasteiger partial charge in [-0.1, -0.05) is 6.07 Å². The number of hydrogen-bond acceptors (Lipinski definition) is 3. The van der Waals surface area contributed by atoms with Crippen LogP contribution in [0.15, 0.2) is 18.2 Å². The molecule has 20 heavy (non-hydrogen) atoms. The zero-order valence-corrected chi connectivity index (χ0v) is 12.7. The number of nitrogens with zero attached hydrogens (tertiary/aromatic N) is 1. The predicted octanol–water partition coefficient (Wildman–Crippen LogP) is 2.11. The highest BCUT2D eigenvalue weighted by Crippen LogP contribution is 2.18. The van der Waals surface area contributed by atoms with Crippen molar-refractivity contribution >= 4 is 11.6 Å². The van der Waals surface area contributed by atoms with Crippen LogP contribution >= 0.6 is 0 Å². The highest BCUT2D eigenvalue weighted by molar-refractivity contribution is 5.99. The minimum Gasteiger partial charge on any atom is -0.387 e. The minimum atomic E-state index is 0.0216. The summed E-state index contributed by atoms with van der Waals surface area (Å²) in [4.78, 5) is 14.6. The van der Waals surface area contributed by atoms with Gasteiger partial charge in [0.25, 0.3) is 5.91 Å². The Morgan fingerprint density at radius 1 is 1.35 bits per heavy atom. The summed E-state index contributed by atoms with van der Waals surface area (Å²) in [7, 11) is 4.00. The topological polar surface area (TPSA) is 44.4 Å². The normalized spacial score (nSPS) is 16.9. The molecular weight excluding hydrogens is 250 g/mol. The van der Waals surface area contributed by atoms with Gasteiger partial charge in [0.1, 0.15) is 0 Å². The van der Waals surface area contributed by atoms with Crippen molar-refractivity contribution < 1.29 is 4.79 Å². The van der Waals surface area contributed by atoms with E-state index in [9.17, 15) is 4.79 Å². The van der Waals surface area contributed by atoms with Crippen LogP contribution in [0.1, 0.15) is 28.8 Å². The molecule has 110 valence electrons. The molecule has 0 unspecified atom stereocenters. The number of carbonyl (C=O) groups excluding carboxylic acids is 1. The van der Waals surface area contributed by atoms with E-state index in [4.69, 9.17) is 0 Å². The number of anilines is 1. The van der Waals surface area contributed by atoms with Crippen molar-refractivity contribution in [2.75, 3.05) is 39.0 Å². The Labute approximate surface area is 121 Å². The lowest BCUT2D eigenvalue weighted by Gasteiger charge is -2.29. The number of aryl methyl sites for hydroxylation is 1. The smallest absolute Gasteiger partial charge is 0.253 e. The number of likely N-dealkylation sites (tertiary alicyclic amines) is 1. The molecule has 1 fully saturated rings. The first-order valence-corrected chi connectivity index (χ1v) is 7.35. The first-order valence-electron chi connectivity index (χ1n) is 7.35. The lowest BCUT2D eigenvalue weighted by atomic mass is 9.97. The SMILES string of the molecule is CNc1cc(C)ccc1C(=O)NCC1CCN(C)CC1. The van der Waals surface area contributed by atoms with E-state index in [-0.39, 0.29) is 5.91 Å². The number of rotatable bonds is 4. The van der Waals surface area contributed by atoms with E-state index < -0.39 is 0 Å². The van der Waals surface area contributed by atoms with Crippen molar-refractivity contribution in [1.29, 1.82) is 0 Å². The number of carbonyl (C=O) groups is 1. The fraction of sp³-hybridized carbons (Fsp3) is 0.562. The first kappa shape index (κ1) is 14.9. The fourth-order valence-electron chi connectivity index (χ4n) is 2.66.